The first-order valence-electron chi connectivity index (χ1n) is 8.30. The molecule has 0 aliphatic carbocycles. The van der Waals surface area contributed by atoms with E-state index in [1.54, 1.807) is 36.3 Å². The quantitative estimate of drug-likeness (QED) is 0.833. The molecule has 6 nitrogen and oxygen atoms in total. The van der Waals surface area contributed by atoms with Gasteiger partial charge < -0.3 is 9.64 Å². The highest BCUT2D eigenvalue weighted by Crippen LogP contribution is 2.37. The van der Waals surface area contributed by atoms with Gasteiger partial charge in [-0.3, -0.25) is 4.79 Å². The number of ether oxygens (including phenoxy) is 1. The predicted octanol–water partition coefficient (Wildman–Crippen LogP) is 1.86. The fourth-order valence-electron chi connectivity index (χ4n) is 3.82. The van der Waals surface area contributed by atoms with Crippen molar-refractivity contribution in [3.8, 4) is 5.75 Å². The monoisotopic (exact) mass is 352 g/mol. The molecule has 2 aliphatic rings. The number of benzene rings is 1. The van der Waals surface area contributed by atoms with E-state index in [2.05, 4.69) is 0 Å². The number of hydrogen-bond donors (Lipinski definition) is 0. The van der Waals surface area contributed by atoms with E-state index in [9.17, 15) is 13.2 Å². The predicted molar refractivity (Wildman–Crippen MR) is 90.3 cm³/mol. The van der Waals surface area contributed by atoms with Crippen molar-refractivity contribution >= 4 is 15.9 Å². The molecule has 7 heteroatoms. The van der Waals surface area contributed by atoms with Gasteiger partial charge in [-0.1, -0.05) is 0 Å². The number of likely N-dealkylation sites (tertiary alicyclic amines) is 1. The van der Waals surface area contributed by atoms with Gasteiger partial charge in [0.1, 0.15) is 5.75 Å². The molecule has 0 bridgehead atoms. The summed E-state index contributed by atoms with van der Waals surface area (Å²) in [6.45, 7) is 0.877. The number of hydrogen-bond acceptors (Lipinski definition) is 4. The lowest BCUT2D eigenvalue weighted by Crippen LogP contribution is -2.61. The Balaban J connectivity index is 1.86. The summed E-state index contributed by atoms with van der Waals surface area (Å²) in [5.41, 5.74) is -0.354. The molecule has 1 spiro atoms. The van der Waals surface area contributed by atoms with Crippen LogP contribution in [0.1, 0.15) is 32.1 Å². The Bertz CT molecular complexity index is 713. The SMILES string of the molecule is COc1ccc(S(=O)(=O)N2CCCC3(CCCC(=O)N3C)C2)cc1. The third-order valence-corrected chi connectivity index (χ3v) is 7.20. The van der Waals surface area contributed by atoms with Gasteiger partial charge in [0.2, 0.25) is 15.9 Å². The average molecular weight is 352 g/mol. The number of carbonyl (C=O) groups excluding carboxylic acids is 1. The molecule has 2 aliphatic heterocycles. The van der Waals surface area contributed by atoms with E-state index in [4.69, 9.17) is 4.74 Å². The molecular formula is C17H24N2O4S. The van der Waals surface area contributed by atoms with Crippen molar-refractivity contribution in [2.75, 3.05) is 27.2 Å². The number of sulfonamides is 1. The highest BCUT2D eigenvalue weighted by molar-refractivity contribution is 7.89. The van der Waals surface area contributed by atoms with Crippen LogP contribution < -0.4 is 4.74 Å². The van der Waals surface area contributed by atoms with E-state index in [1.165, 1.54) is 4.31 Å². The van der Waals surface area contributed by atoms with Crippen LogP contribution in [0.3, 0.4) is 0 Å². The minimum atomic E-state index is -3.56. The first kappa shape index (κ1) is 17.2. The average Bonchev–Trinajstić information content (AvgIpc) is 2.60. The summed E-state index contributed by atoms with van der Waals surface area (Å²) in [4.78, 5) is 14.2. The molecule has 1 amide bonds. The second-order valence-electron chi connectivity index (χ2n) is 6.65. The third kappa shape index (κ3) is 2.91. The van der Waals surface area contributed by atoms with E-state index < -0.39 is 10.0 Å². The van der Waals surface area contributed by atoms with Gasteiger partial charge in [-0.05, 0) is 49.9 Å². The van der Waals surface area contributed by atoms with Crippen LogP contribution in [0.5, 0.6) is 5.75 Å². The summed E-state index contributed by atoms with van der Waals surface area (Å²) >= 11 is 0. The van der Waals surface area contributed by atoms with Gasteiger partial charge in [-0.15, -0.1) is 0 Å². The van der Waals surface area contributed by atoms with Crippen molar-refractivity contribution in [2.45, 2.75) is 42.5 Å². The largest absolute Gasteiger partial charge is 0.497 e. The Kier molecular flexibility index (Phi) is 4.57. The van der Waals surface area contributed by atoms with Crippen molar-refractivity contribution in [1.82, 2.24) is 9.21 Å². The lowest BCUT2D eigenvalue weighted by molar-refractivity contribution is -0.141. The van der Waals surface area contributed by atoms with Gasteiger partial charge in [-0.2, -0.15) is 4.31 Å². The van der Waals surface area contributed by atoms with Crippen molar-refractivity contribution < 1.29 is 17.9 Å². The van der Waals surface area contributed by atoms with Gasteiger partial charge in [0.15, 0.2) is 0 Å². The smallest absolute Gasteiger partial charge is 0.243 e. The van der Waals surface area contributed by atoms with Crippen LogP contribution in [0.25, 0.3) is 0 Å². The van der Waals surface area contributed by atoms with Crippen molar-refractivity contribution in [2.24, 2.45) is 0 Å². The van der Waals surface area contributed by atoms with Crippen molar-refractivity contribution in [3.63, 3.8) is 0 Å². The van der Waals surface area contributed by atoms with Crippen LogP contribution in [0.15, 0.2) is 29.2 Å². The molecule has 2 fully saturated rings. The van der Waals surface area contributed by atoms with E-state index in [-0.39, 0.29) is 16.3 Å². The number of methoxy groups -OCH3 is 1. The summed E-state index contributed by atoms with van der Waals surface area (Å²) in [5, 5.41) is 0. The van der Waals surface area contributed by atoms with Crippen LogP contribution in [0, 0.1) is 0 Å². The zero-order valence-corrected chi connectivity index (χ0v) is 15.0. The Morgan fingerprint density at radius 2 is 1.79 bits per heavy atom. The molecule has 1 atom stereocenters. The second kappa shape index (κ2) is 6.37. The van der Waals surface area contributed by atoms with Gasteiger partial charge in [0.05, 0.1) is 17.5 Å². The van der Waals surface area contributed by atoms with E-state index in [0.717, 1.165) is 25.7 Å². The number of carbonyl (C=O) groups is 1. The number of rotatable bonds is 3. The third-order valence-electron chi connectivity index (χ3n) is 5.34. The molecule has 24 heavy (non-hydrogen) atoms. The first-order chi connectivity index (χ1) is 11.4. The van der Waals surface area contributed by atoms with Crippen LogP contribution >= 0.6 is 0 Å². The normalized spacial score (nSPS) is 25.9. The first-order valence-corrected chi connectivity index (χ1v) is 9.74. The summed E-state index contributed by atoms with van der Waals surface area (Å²) in [6.07, 6.45) is 3.89. The van der Waals surface area contributed by atoms with Gasteiger partial charge in [-0.25, -0.2) is 8.42 Å². The number of likely N-dealkylation sites (N-methyl/N-ethyl adjacent to an activating group) is 1. The Morgan fingerprint density at radius 1 is 1.12 bits per heavy atom. The molecule has 1 unspecified atom stereocenters. The highest BCUT2D eigenvalue weighted by Gasteiger charge is 2.45. The van der Waals surface area contributed by atoms with Crippen LogP contribution in [0.2, 0.25) is 0 Å². The van der Waals surface area contributed by atoms with Crippen molar-refractivity contribution in [1.29, 1.82) is 0 Å². The number of amides is 1. The van der Waals surface area contributed by atoms with Crippen molar-refractivity contribution in [3.05, 3.63) is 24.3 Å². The standard InChI is InChI=1S/C17H24N2O4S/c1-18-16(20)5-3-10-17(18)11-4-12-19(13-17)24(21,22)15-8-6-14(23-2)7-9-15/h6-9H,3-5,10-13H2,1-2H3. The van der Waals surface area contributed by atoms with Gasteiger partial charge >= 0.3 is 0 Å². The molecule has 1 aromatic rings. The van der Waals surface area contributed by atoms with Gasteiger partial charge in [0.25, 0.3) is 0 Å². The van der Waals surface area contributed by atoms with Crippen LogP contribution in [-0.2, 0) is 14.8 Å². The zero-order valence-electron chi connectivity index (χ0n) is 14.2. The molecule has 0 aromatic heterocycles. The van der Waals surface area contributed by atoms with E-state index in [0.29, 0.717) is 25.3 Å². The molecular weight excluding hydrogens is 328 g/mol. The molecule has 132 valence electrons. The maximum absolute atomic E-state index is 13.0. The lowest BCUT2D eigenvalue weighted by Gasteiger charge is -2.50. The minimum absolute atomic E-state index is 0.116. The summed E-state index contributed by atoms with van der Waals surface area (Å²) in [5.74, 6) is 0.742. The molecule has 2 saturated heterocycles. The summed E-state index contributed by atoms with van der Waals surface area (Å²) in [7, 11) is -0.204. The topological polar surface area (TPSA) is 66.9 Å². The zero-order chi connectivity index (χ0) is 17.4. The Labute approximate surface area is 143 Å². The molecule has 2 heterocycles. The van der Waals surface area contributed by atoms with E-state index in [1.807, 2.05) is 7.05 Å². The fraction of sp³-hybridized carbons (Fsp3) is 0.588. The maximum Gasteiger partial charge on any atom is 0.243 e. The maximum atomic E-state index is 13.0. The molecule has 0 saturated carbocycles. The minimum Gasteiger partial charge on any atom is -0.497 e. The Hall–Kier alpha value is -1.60. The lowest BCUT2D eigenvalue weighted by atomic mass is 9.81. The molecule has 0 N–H and O–H groups in total. The van der Waals surface area contributed by atoms with E-state index >= 15 is 0 Å². The summed E-state index contributed by atoms with van der Waals surface area (Å²) < 4.78 is 32.6. The molecule has 1 aromatic carbocycles. The number of nitrogens with zero attached hydrogens (tertiary/aromatic N) is 2. The van der Waals surface area contributed by atoms with Gasteiger partial charge in [0, 0.05) is 26.6 Å². The number of piperidine rings is 2. The Morgan fingerprint density at radius 3 is 2.46 bits per heavy atom. The highest BCUT2D eigenvalue weighted by atomic mass is 32.2. The summed E-state index contributed by atoms with van der Waals surface area (Å²) in [6, 6.07) is 6.46. The second-order valence-corrected chi connectivity index (χ2v) is 8.59. The van der Waals surface area contributed by atoms with Crippen LogP contribution in [0.4, 0.5) is 0 Å². The molecule has 3 rings (SSSR count). The van der Waals surface area contributed by atoms with Crippen LogP contribution in [-0.4, -0.2) is 56.3 Å². The molecule has 0 radical (unpaired) electrons. The fourth-order valence-corrected chi connectivity index (χ4v) is 5.38.